The van der Waals surface area contributed by atoms with E-state index >= 15 is 0 Å². The number of rotatable bonds is 20. The first kappa shape index (κ1) is 26.9. The average Bonchev–Trinajstić information content (AvgIpc) is 2.61. The Hall–Kier alpha value is -0.130. The van der Waals surface area contributed by atoms with Crippen molar-refractivity contribution in [3.05, 3.63) is 0 Å². The summed E-state index contributed by atoms with van der Waals surface area (Å²) in [4.78, 5) is 0. The summed E-state index contributed by atoms with van der Waals surface area (Å²) in [6, 6.07) is 0. The van der Waals surface area contributed by atoms with Crippen LogP contribution >= 0.6 is 0 Å². The summed E-state index contributed by atoms with van der Waals surface area (Å²) in [5, 5.41) is 9.24. The van der Waals surface area contributed by atoms with Gasteiger partial charge in [-0.15, -0.1) is 0 Å². The first-order chi connectivity index (χ1) is 12.9. The van der Waals surface area contributed by atoms with Crippen LogP contribution in [0.5, 0.6) is 0 Å². The molecule has 0 aliphatic carbocycles. The summed E-state index contributed by atoms with van der Waals surface area (Å²) >= 11 is 0. The normalized spacial score (nSPS) is 14.4. The maximum Gasteiger partial charge on any atom is 0.270 e. The Morgan fingerprint density at radius 3 is 1.30 bits per heavy atom. The van der Waals surface area contributed by atoms with Crippen molar-refractivity contribution in [3.8, 4) is 0 Å². The van der Waals surface area contributed by atoms with E-state index < -0.39 is 21.5 Å². The molecular formula is C22H46O4S. The molecule has 0 aromatic rings. The topological polar surface area (TPSA) is 74.6 Å². The highest BCUT2D eigenvalue weighted by molar-refractivity contribution is 7.86. The van der Waals surface area contributed by atoms with Gasteiger partial charge < -0.3 is 5.11 Å². The highest BCUT2D eigenvalue weighted by atomic mass is 32.2. The van der Waals surface area contributed by atoms with Gasteiger partial charge >= 0.3 is 0 Å². The molecule has 2 atom stereocenters. The van der Waals surface area contributed by atoms with Crippen LogP contribution in [0.25, 0.3) is 0 Å². The summed E-state index contributed by atoms with van der Waals surface area (Å²) in [5.41, 5.74) is 0. The molecule has 0 radical (unpaired) electrons. The summed E-state index contributed by atoms with van der Waals surface area (Å²) < 4.78 is 32.7. The molecule has 0 aliphatic heterocycles. The maximum absolute atomic E-state index is 11.6. The van der Waals surface area contributed by atoms with Gasteiger partial charge in [-0.1, -0.05) is 117 Å². The smallest absolute Gasteiger partial charge is 0.270 e. The minimum absolute atomic E-state index is 0.367. The van der Waals surface area contributed by atoms with E-state index in [9.17, 15) is 18.1 Å². The van der Waals surface area contributed by atoms with Crippen molar-refractivity contribution < 1.29 is 18.1 Å². The lowest BCUT2D eigenvalue weighted by atomic mass is 10.0. The molecule has 0 aliphatic rings. The molecule has 2 N–H and O–H groups in total. The summed E-state index contributed by atoms with van der Waals surface area (Å²) in [7, 11) is -4.18. The van der Waals surface area contributed by atoms with Gasteiger partial charge in [0, 0.05) is 0 Å². The van der Waals surface area contributed by atoms with E-state index in [4.69, 9.17) is 0 Å². The van der Waals surface area contributed by atoms with Gasteiger partial charge in [-0.05, 0) is 12.8 Å². The van der Waals surface area contributed by atoms with Crippen LogP contribution in [0.2, 0.25) is 0 Å². The summed E-state index contributed by atoms with van der Waals surface area (Å²) in [5.74, 6) is 0. The SMILES string of the molecule is CCCCCCCCCCCCC(C(O)CCCCCCCC)S(=O)(=O)O. The number of unbranched alkanes of at least 4 members (excludes halogenated alkanes) is 14. The zero-order chi connectivity index (χ0) is 20.4. The third-order valence-corrected chi connectivity index (χ3v) is 6.82. The van der Waals surface area contributed by atoms with Gasteiger partial charge in [-0.25, -0.2) is 0 Å². The Morgan fingerprint density at radius 2 is 0.926 bits per heavy atom. The molecule has 0 amide bonds. The molecule has 0 heterocycles. The largest absolute Gasteiger partial charge is 0.392 e. The molecule has 0 rings (SSSR count). The van der Waals surface area contributed by atoms with Crippen LogP contribution < -0.4 is 0 Å². The zero-order valence-electron chi connectivity index (χ0n) is 18.0. The fourth-order valence-corrected chi connectivity index (χ4v) is 4.69. The van der Waals surface area contributed by atoms with Crippen LogP contribution in [0.4, 0.5) is 0 Å². The number of hydrogen-bond acceptors (Lipinski definition) is 3. The van der Waals surface area contributed by atoms with E-state index in [1.807, 2.05) is 0 Å². The second kappa shape index (κ2) is 17.9. The monoisotopic (exact) mass is 406 g/mol. The van der Waals surface area contributed by atoms with Crippen molar-refractivity contribution in [1.82, 2.24) is 0 Å². The molecule has 0 fully saturated rings. The Bertz CT molecular complexity index is 409. The lowest BCUT2D eigenvalue weighted by molar-refractivity contribution is 0.146. The second-order valence-corrected chi connectivity index (χ2v) is 9.78. The first-order valence-corrected chi connectivity index (χ1v) is 13.1. The Balaban J connectivity index is 3.87. The highest BCUT2D eigenvalue weighted by Gasteiger charge is 2.29. The van der Waals surface area contributed by atoms with Crippen LogP contribution in [0.1, 0.15) is 129 Å². The molecule has 27 heavy (non-hydrogen) atoms. The fourth-order valence-electron chi connectivity index (χ4n) is 3.69. The van der Waals surface area contributed by atoms with Crippen LogP contribution in [0, 0.1) is 0 Å². The van der Waals surface area contributed by atoms with Gasteiger partial charge in [0.25, 0.3) is 10.1 Å². The van der Waals surface area contributed by atoms with Crippen molar-refractivity contribution >= 4 is 10.1 Å². The third kappa shape index (κ3) is 16.5. The molecular weight excluding hydrogens is 360 g/mol. The van der Waals surface area contributed by atoms with E-state index in [0.29, 0.717) is 12.8 Å². The van der Waals surface area contributed by atoms with E-state index in [2.05, 4.69) is 13.8 Å². The molecule has 5 heteroatoms. The van der Waals surface area contributed by atoms with Crippen LogP contribution in [0.3, 0.4) is 0 Å². The molecule has 0 aromatic carbocycles. The van der Waals surface area contributed by atoms with Gasteiger partial charge in [0.15, 0.2) is 0 Å². The van der Waals surface area contributed by atoms with Crippen molar-refractivity contribution in [1.29, 1.82) is 0 Å². The van der Waals surface area contributed by atoms with Gasteiger partial charge in [0.05, 0.1) is 6.10 Å². The van der Waals surface area contributed by atoms with Gasteiger partial charge in [0.1, 0.15) is 5.25 Å². The zero-order valence-corrected chi connectivity index (χ0v) is 18.8. The number of aliphatic hydroxyl groups excluding tert-OH is 1. The maximum atomic E-state index is 11.6. The quantitative estimate of drug-likeness (QED) is 0.175. The summed E-state index contributed by atoms with van der Waals surface area (Å²) in [6.45, 7) is 4.40. The van der Waals surface area contributed by atoms with Crippen molar-refractivity contribution in [2.45, 2.75) is 141 Å². The third-order valence-electron chi connectivity index (χ3n) is 5.51. The van der Waals surface area contributed by atoms with Crippen molar-refractivity contribution in [2.75, 3.05) is 0 Å². The lowest BCUT2D eigenvalue weighted by Gasteiger charge is -2.20. The average molecular weight is 407 g/mol. The van der Waals surface area contributed by atoms with Crippen LogP contribution in [-0.4, -0.2) is 29.4 Å². The molecule has 164 valence electrons. The number of aliphatic hydroxyl groups is 1. The van der Waals surface area contributed by atoms with Crippen LogP contribution in [-0.2, 0) is 10.1 Å². The van der Waals surface area contributed by atoms with E-state index in [-0.39, 0.29) is 0 Å². The minimum Gasteiger partial charge on any atom is -0.392 e. The molecule has 0 saturated carbocycles. The molecule has 4 nitrogen and oxygen atoms in total. The van der Waals surface area contributed by atoms with Crippen molar-refractivity contribution in [2.24, 2.45) is 0 Å². The molecule has 2 unspecified atom stereocenters. The predicted octanol–water partition coefficient (Wildman–Crippen LogP) is 6.67. The predicted molar refractivity (Wildman–Crippen MR) is 116 cm³/mol. The first-order valence-electron chi connectivity index (χ1n) is 11.6. The summed E-state index contributed by atoms with van der Waals surface area (Å²) in [6.07, 6.45) is 18.4. The Kier molecular flexibility index (Phi) is 17.8. The van der Waals surface area contributed by atoms with Gasteiger partial charge in [0.2, 0.25) is 0 Å². The molecule has 0 aromatic heterocycles. The number of hydrogen-bond donors (Lipinski definition) is 2. The highest BCUT2D eigenvalue weighted by Crippen LogP contribution is 2.20. The van der Waals surface area contributed by atoms with Crippen molar-refractivity contribution in [3.63, 3.8) is 0 Å². The molecule has 0 spiro atoms. The molecule has 0 saturated heterocycles. The molecule has 0 bridgehead atoms. The standard InChI is InChI=1S/C22H46O4S/c1-3-5-7-9-11-12-13-14-16-18-20-22(27(24,25)26)21(23)19-17-15-10-8-6-4-2/h21-23H,3-20H2,1-2H3,(H,24,25,26). The minimum atomic E-state index is -4.18. The van der Waals surface area contributed by atoms with E-state index in [1.165, 1.54) is 64.2 Å². The van der Waals surface area contributed by atoms with Gasteiger partial charge in [-0.3, -0.25) is 4.55 Å². The fraction of sp³-hybridized carbons (Fsp3) is 1.00. The van der Waals surface area contributed by atoms with E-state index in [1.54, 1.807) is 0 Å². The van der Waals surface area contributed by atoms with Crippen LogP contribution in [0.15, 0.2) is 0 Å². The Morgan fingerprint density at radius 1 is 0.593 bits per heavy atom. The Labute approximate surface area is 169 Å². The second-order valence-electron chi connectivity index (χ2n) is 8.15. The van der Waals surface area contributed by atoms with E-state index in [0.717, 1.165) is 38.5 Å². The van der Waals surface area contributed by atoms with Gasteiger partial charge in [-0.2, -0.15) is 8.42 Å². The lowest BCUT2D eigenvalue weighted by Crippen LogP contribution is -2.33.